The molecule has 2 aromatic carbocycles. The summed E-state index contributed by atoms with van der Waals surface area (Å²) >= 11 is 3.50. The number of hydrogen-bond donors (Lipinski definition) is 1. The zero-order valence-electron chi connectivity index (χ0n) is 11.0. The van der Waals surface area contributed by atoms with Crippen molar-refractivity contribution in [1.29, 1.82) is 0 Å². The third kappa shape index (κ3) is 3.49. The molecule has 0 bridgehead atoms. The van der Waals surface area contributed by atoms with E-state index in [-0.39, 0.29) is 0 Å². The Morgan fingerprint density at radius 1 is 1.11 bits per heavy atom. The molecule has 1 N–H and O–H groups in total. The zero-order valence-corrected chi connectivity index (χ0v) is 12.6. The molecule has 0 aromatic heterocycles. The second-order valence-electron chi connectivity index (χ2n) is 4.89. The van der Waals surface area contributed by atoms with E-state index in [4.69, 9.17) is 0 Å². The Morgan fingerprint density at radius 3 is 2.61 bits per heavy atom. The Hall–Kier alpha value is -1.02. The lowest BCUT2D eigenvalue weighted by Crippen LogP contribution is -2.14. The van der Waals surface area contributed by atoms with E-state index >= 15 is 0 Å². The summed E-state index contributed by atoms with van der Waals surface area (Å²) in [6, 6.07) is 13.5. The van der Waals surface area contributed by atoms with Crippen LogP contribution in [0.25, 0.3) is 10.8 Å². The van der Waals surface area contributed by atoms with E-state index in [1.54, 1.807) is 0 Å². The number of anilines is 1. The number of nitrogens with one attached hydrogen (secondary N) is 1. The van der Waals surface area contributed by atoms with E-state index in [1.807, 2.05) is 0 Å². The fraction of sp³-hybridized carbons (Fsp3) is 0.375. The molecule has 0 amide bonds. The van der Waals surface area contributed by atoms with Crippen LogP contribution in [0, 0.1) is 0 Å². The number of benzene rings is 2. The standard InChI is InChI=1S/C16H20BrN/c1-3-4-5-12(2)18-16-9-7-13-10-15(17)8-6-14(13)11-16/h6-12,18H,3-5H2,1-2H3. The highest BCUT2D eigenvalue weighted by molar-refractivity contribution is 9.10. The third-order valence-corrected chi connectivity index (χ3v) is 3.70. The van der Waals surface area contributed by atoms with E-state index in [2.05, 4.69) is 71.5 Å². The lowest BCUT2D eigenvalue weighted by atomic mass is 10.1. The van der Waals surface area contributed by atoms with Gasteiger partial charge in [-0.1, -0.05) is 47.8 Å². The van der Waals surface area contributed by atoms with Crippen molar-refractivity contribution in [3.63, 3.8) is 0 Å². The van der Waals surface area contributed by atoms with Crippen molar-refractivity contribution in [1.82, 2.24) is 0 Å². The van der Waals surface area contributed by atoms with Gasteiger partial charge in [0.2, 0.25) is 0 Å². The summed E-state index contributed by atoms with van der Waals surface area (Å²) in [7, 11) is 0. The molecular weight excluding hydrogens is 286 g/mol. The normalized spacial score (nSPS) is 12.6. The van der Waals surface area contributed by atoms with Crippen molar-refractivity contribution < 1.29 is 0 Å². The van der Waals surface area contributed by atoms with E-state index in [9.17, 15) is 0 Å². The maximum atomic E-state index is 3.57. The predicted molar refractivity (Wildman–Crippen MR) is 84.3 cm³/mol. The summed E-state index contributed by atoms with van der Waals surface area (Å²) in [4.78, 5) is 0. The van der Waals surface area contributed by atoms with Crippen LogP contribution in [-0.4, -0.2) is 6.04 Å². The van der Waals surface area contributed by atoms with Crippen LogP contribution in [-0.2, 0) is 0 Å². The highest BCUT2D eigenvalue weighted by Crippen LogP contribution is 2.23. The molecule has 2 aromatic rings. The maximum absolute atomic E-state index is 3.57. The fourth-order valence-electron chi connectivity index (χ4n) is 2.17. The second kappa shape index (κ2) is 6.24. The van der Waals surface area contributed by atoms with Crippen LogP contribution in [0.3, 0.4) is 0 Å². The van der Waals surface area contributed by atoms with E-state index < -0.39 is 0 Å². The molecule has 0 heterocycles. The van der Waals surface area contributed by atoms with Crippen molar-refractivity contribution in [2.75, 3.05) is 5.32 Å². The second-order valence-corrected chi connectivity index (χ2v) is 5.81. The number of rotatable bonds is 5. The minimum atomic E-state index is 0.540. The minimum absolute atomic E-state index is 0.540. The lowest BCUT2D eigenvalue weighted by molar-refractivity contribution is 0.645. The smallest absolute Gasteiger partial charge is 0.0348 e. The van der Waals surface area contributed by atoms with Gasteiger partial charge < -0.3 is 5.32 Å². The molecule has 0 saturated heterocycles. The van der Waals surface area contributed by atoms with Crippen LogP contribution < -0.4 is 5.32 Å². The molecule has 2 rings (SSSR count). The van der Waals surface area contributed by atoms with Crippen LogP contribution in [0.2, 0.25) is 0 Å². The molecule has 1 nitrogen and oxygen atoms in total. The van der Waals surface area contributed by atoms with Crippen molar-refractivity contribution in [3.8, 4) is 0 Å². The largest absolute Gasteiger partial charge is 0.383 e. The SMILES string of the molecule is CCCCC(C)Nc1ccc2cc(Br)ccc2c1. The molecular formula is C16H20BrN. The molecule has 0 spiro atoms. The summed E-state index contributed by atoms with van der Waals surface area (Å²) < 4.78 is 1.13. The van der Waals surface area contributed by atoms with Crippen LogP contribution in [0.4, 0.5) is 5.69 Å². The van der Waals surface area contributed by atoms with Crippen molar-refractivity contribution >= 4 is 32.4 Å². The van der Waals surface area contributed by atoms with E-state index in [0.29, 0.717) is 6.04 Å². The van der Waals surface area contributed by atoms with Crippen LogP contribution in [0.1, 0.15) is 33.1 Å². The van der Waals surface area contributed by atoms with Crippen molar-refractivity contribution in [3.05, 3.63) is 40.9 Å². The number of unbranched alkanes of at least 4 members (excludes halogenated alkanes) is 1. The van der Waals surface area contributed by atoms with Gasteiger partial charge in [0, 0.05) is 16.2 Å². The van der Waals surface area contributed by atoms with Gasteiger partial charge in [0.05, 0.1) is 0 Å². The highest BCUT2D eigenvalue weighted by Gasteiger charge is 2.02. The Morgan fingerprint density at radius 2 is 1.83 bits per heavy atom. The molecule has 0 aliphatic heterocycles. The average molecular weight is 306 g/mol. The topological polar surface area (TPSA) is 12.0 Å². The molecule has 0 aliphatic rings. The van der Waals surface area contributed by atoms with Crippen molar-refractivity contribution in [2.24, 2.45) is 0 Å². The Kier molecular flexibility index (Phi) is 4.65. The van der Waals surface area contributed by atoms with Gasteiger partial charge >= 0.3 is 0 Å². The molecule has 96 valence electrons. The molecule has 1 atom stereocenters. The monoisotopic (exact) mass is 305 g/mol. The minimum Gasteiger partial charge on any atom is -0.383 e. The average Bonchev–Trinajstić information content (AvgIpc) is 2.36. The summed E-state index contributed by atoms with van der Waals surface area (Å²) in [5, 5.41) is 6.13. The first-order valence-corrected chi connectivity index (χ1v) is 7.44. The first-order chi connectivity index (χ1) is 8.69. The van der Waals surface area contributed by atoms with Crippen LogP contribution >= 0.6 is 15.9 Å². The Bertz CT molecular complexity index is 521. The Labute approximate surface area is 118 Å². The van der Waals surface area contributed by atoms with Gasteiger partial charge in [0.15, 0.2) is 0 Å². The first-order valence-electron chi connectivity index (χ1n) is 6.65. The summed E-state index contributed by atoms with van der Waals surface area (Å²) in [5.41, 5.74) is 1.22. The Balaban J connectivity index is 2.12. The van der Waals surface area contributed by atoms with Crippen molar-refractivity contribution in [2.45, 2.75) is 39.2 Å². The van der Waals surface area contributed by atoms with E-state index in [0.717, 1.165) is 4.47 Å². The third-order valence-electron chi connectivity index (χ3n) is 3.21. The fourth-order valence-corrected chi connectivity index (χ4v) is 2.55. The highest BCUT2D eigenvalue weighted by atomic mass is 79.9. The lowest BCUT2D eigenvalue weighted by Gasteiger charge is -2.15. The molecule has 0 saturated carbocycles. The molecule has 0 aliphatic carbocycles. The van der Waals surface area contributed by atoms with E-state index in [1.165, 1.54) is 35.7 Å². The van der Waals surface area contributed by atoms with Gasteiger partial charge in [-0.3, -0.25) is 0 Å². The molecule has 1 unspecified atom stereocenters. The first kappa shape index (κ1) is 13.4. The number of halogens is 1. The number of hydrogen-bond acceptors (Lipinski definition) is 1. The van der Waals surface area contributed by atoms with Crippen LogP contribution in [0.15, 0.2) is 40.9 Å². The molecule has 2 heteroatoms. The maximum Gasteiger partial charge on any atom is 0.0348 e. The van der Waals surface area contributed by atoms with Gasteiger partial charge in [-0.2, -0.15) is 0 Å². The van der Waals surface area contributed by atoms with Crippen LogP contribution in [0.5, 0.6) is 0 Å². The van der Waals surface area contributed by atoms with Gasteiger partial charge in [-0.15, -0.1) is 0 Å². The predicted octanol–water partition coefficient (Wildman–Crippen LogP) is 5.59. The molecule has 18 heavy (non-hydrogen) atoms. The van der Waals surface area contributed by atoms with Gasteiger partial charge in [0.25, 0.3) is 0 Å². The van der Waals surface area contributed by atoms with Gasteiger partial charge in [-0.25, -0.2) is 0 Å². The molecule has 0 radical (unpaired) electrons. The zero-order chi connectivity index (χ0) is 13.0. The summed E-state index contributed by atoms with van der Waals surface area (Å²) in [5.74, 6) is 0. The summed E-state index contributed by atoms with van der Waals surface area (Å²) in [6.45, 7) is 4.49. The summed E-state index contributed by atoms with van der Waals surface area (Å²) in [6.07, 6.45) is 3.78. The quantitative estimate of drug-likeness (QED) is 0.759. The molecule has 0 fully saturated rings. The van der Waals surface area contributed by atoms with Gasteiger partial charge in [0.1, 0.15) is 0 Å². The number of fused-ring (bicyclic) bond motifs is 1. The van der Waals surface area contributed by atoms with Gasteiger partial charge in [-0.05, 0) is 48.4 Å².